The summed E-state index contributed by atoms with van der Waals surface area (Å²) in [7, 11) is 3.54. The molecule has 1 fully saturated rings. The molecule has 26 heavy (non-hydrogen) atoms. The van der Waals surface area contributed by atoms with Crippen LogP contribution in [0.2, 0.25) is 0 Å². The quantitative estimate of drug-likeness (QED) is 0.919. The fourth-order valence-corrected chi connectivity index (χ4v) is 3.13. The Morgan fingerprint density at radius 2 is 1.88 bits per heavy atom. The molecule has 1 aliphatic rings. The first kappa shape index (κ1) is 17.9. The molecule has 136 valence electrons. The van der Waals surface area contributed by atoms with Crippen LogP contribution in [0.15, 0.2) is 42.6 Å². The Balaban J connectivity index is 1.70. The highest BCUT2D eigenvalue weighted by Crippen LogP contribution is 2.25. The topological polar surface area (TPSA) is 65.5 Å². The largest absolute Gasteiger partial charge is 0.347 e. The van der Waals surface area contributed by atoms with Crippen molar-refractivity contribution in [1.29, 1.82) is 0 Å². The summed E-state index contributed by atoms with van der Waals surface area (Å²) in [4.78, 5) is 32.8. The van der Waals surface area contributed by atoms with Crippen LogP contribution < -0.4 is 10.2 Å². The molecule has 2 aromatic rings. The van der Waals surface area contributed by atoms with Crippen molar-refractivity contribution in [2.75, 3.05) is 30.9 Å². The zero-order valence-electron chi connectivity index (χ0n) is 15.4. The van der Waals surface area contributed by atoms with Gasteiger partial charge >= 0.3 is 0 Å². The van der Waals surface area contributed by atoms with E-state index in [0.29, 0.717) is 5.56 Å². The molecule has 1 aromatic carbocycles. The molecule has 6 heteroatoms. The van der Waals surface area contributed by atoms with E-state index in [2.05, 4.69) is 10.3 Å². The lowest BCUT2D eigenvalue weighted by Crippen LogP contribution is -2.43. The summed E-state index contributed by atoms with van der Waals surface area (Å²) in [6.45, 7) is 2.80. The van der Waals surface area contributed by atoms with E-state index in [9.17, 15) is 9.59 Å². The van der Waals surface area contributed by atoms with Crippen LogP contribution in [0.1, 0.15) is 28.8 Å². The Morgan fingerprint density at radius 1 is 1.15 bits per heavy atom. The minimum Gasteiger partial charge on any atom is -0.347 e. The highest BCUT2D eigenvalue weighted by atomic mass is 16.2. The Hall–Kier alpha value is -2.89. The first-order valence-corrected chi connectivity index (χ1v) is 8.77. The van der Waals surface area contributed by atoms with Crippen molar-refractivity contribution in [3.8, 4) is 0 Å². The van der Waals surface area contributed by atoms with Gasteiger partial charge in [-0.25, -0.2) is 4.98 Å². The average molecular weight is 352 g/mol. The third-order valence-electron chi connectivity index (χ3n) is 4.59. The summed E-state index contributed by atoms with van der Waals surface area (Å²) in [6, 6.07) is 11.0. The van der Waals surface area contributed by atoms with Gasteiger partial charge in [-0.3, -0.25) is 9.59 Å². The molecular formula is C20H24N4O2. The predicted octanol–water partition coefficient (Wildman–Crippen LogP) is 2.70. The summed E-state index contributed by atoms with van der Waals surface area (Å²) >= 11 is 0. The number of aryl methyl sites for hydroxylation is 1. The van der Waals surface area contributed by atoms with Crippen LogP contribution in [0.25, 0.3) is 0 Å². The van der Waals surface area contributed by atoms with Gasteiger partial charge in [-0.05, 0) is 44.0 Å². The van der Waals surface area contributed by atoms with Gasteiger partial charge in [0.05, 0.1) is 5.56 Å². The third kappa shape index (κ3) is 3.85. The lowest BCUT2D eigenvalue weighted by Gasteiger charge is -2.27. The molecule has 1 unspecified atom stereocenters. The number of rotatable bonds is 4. The Labute approximate surface area is 153 Å². The van der Waals surface area contributed by atoms with Gasteiger partial charge in [0.2, 0.25) is 5.91 Å². The van der Waals surface area contributed by atoms with E-state index in [1.807, 2.05) is 42.2 Å². The number of likely N-dealkylation sites (N-methyl/N-ethyl adjacent to an activating group) is 1. The van der Waals surface area contributed by atoms with Crippen molar-refractivity contribution >= 4 is 23.3 Å². The minimum absolute atomic E-state index is 0.0884. The van der Waals surface area contributed by atoms with Crippen LogP contribution in [0.4, 0.5) is 11.5 Å². The maximum absolute atomic E-state index is 12.4. The number of benzene rings is 1. The minimum atomic E-state index is -0.199. The SMILES string of the molecule is Cc1ccc(NC(=O)c2ccc(N3CCCC3C(=O)N(C)C)nc2)cc1. The van der Waals surface area contributed by atoms with Gasteiger partial charge in [-0.1, -0.05) is 17.7 Å². The molecule has 1 N–H and O–H groups in total. The summed E-state index contributed by atoms with van der Waals surface area (Å²) in [5.41, 5.74) is 2.38. The van der Waals surface area contributed by atoms with E-state index in [1.165, 1.54) is 0 Å². The molecule has 0 aliphatic carbocycles. The number of hydrogen-bond donors (Lipinski definition) is 1. The van der Waals surface area contributed by atoms with Crippen molar-refractivity contribution < 1.29 is 9.59 Å². The third-order valence-corrected chi connectivity index (χ3v) is 4.59. The fraction of sp³-hybridized carbons (Fsp3) is 0.350. The Bertz CT molecular complexity index is 784. The van der Waals surface area contributed by atoms with Crippen molar-refractivity contribution in [3.05, 3.63) is 53.7 Å². The van der Waals surface area contributed by atoms with Crippen molar-refractivity contribution in [2.45, 2.75) is 25.8 Å². The smallest absolute Gasteiger partial charge is 0.257 e. The van der Waals surface area contributed by atoms with Gasteiger partial charge in [0.25, 0.3) is 5.91 Å². The highest BCUT2D eigenvalue weighted by Gasteiger charge is 2.32. The van der Waals surface area contributed by atoms with Crippen LogP contribution in [-0.2, 0) is 4.79 Å². The Morgan fingerprint density at radius 3 is 2.50 bits per heavy atom. The molecule has 1 saturated heterocycles. The van der Waals surface area contributed by atoms with Gasteiger partial charge in [-0.15, -0.1) is 0 Å². The molecule has 2 amide bonds. The average Bonchev–Trinajstić information content (AvgIpc) is 3.12. The maximum atomic E-state index is 12.4. The standard InChI is InChI=1S/C20H24N4O2/c1-14-6-9-16(10-7-14)22-19(25)15-8-11-18(21-13-15)24-12-4-5-17(24)20(26)23(2)3/h6-11,13,17H,4-5,12H2,1-3H3,(H,22,25). The number of nitrogens with one attached hydrogen (secondary N) is 1. The summed E-state index contributed by atoms with van der Waals surface area (Å²) in [5, 5.41) is 2.86. The van der Waals surface area contributed by atoms with Crippen LogP contribution >= 0.6 is 0 Å². The van der Waals surface area contributed by atoms with E-state index >= 15 is 0 Å². The van der Waals surface area contributed by atoms with E-state index in [1.54, 1.807) is 31.3 Å². The number of amides is 2. The molecular weight excluding hydrogens is 328 g/mol. The van der Waals surface area contributed by atoms with Gasteiger partial charge in [-0.2, -0.15) is 0 Å². The van der Waals surface area contributed by atoms with Gasteiger partial charge in [0.1, 0.15) is 11.9 Å². The highest BCUT2D eigenvalue weighted by molar-refractivity contribution is 6.04. The monoisotopic (exact) mass is 352 g/mol. The second kappa shape index (κ2) is 7.56. The number of nitrogens with zero attached hydrogens (tertiary/aromatic N) is 3. The molecule has 2 heterocycles. The number of aromatic nitrogens is 1. The van der Waals surface area contributed by atoms with E-state index in [0.717, 1.165) is 36.5 Å². The number of carbonyl (C=O) groups excluding carboxylic acids is 2. The zero-order chi connectivity index (χ0) is 18.7. The molecule has 6 nitrogen and oxygen atoms in total. The normalized spacial score (nSPS) is 16.4. The molecule has 1 aromatic heterocycles. The predicted molar refractivity (Wildman–Crippen MR) is 102 cm³/mol. The summed E-state index contributed by atoms with van der Waals surface area (Å²) < 4.78 is 0. The molecule has 0 saturated carbocycles. The Kier molecular flexibility index (Phi) is 5.21. The van der Waals surface area contributed by atoms with Gasteiger partial charge in [0.15, 0.2) is 0 Å². The van der Waals surface area contributed by atoms with Crippen LogP contribution in [0.3, 0.4) is 0 Å². The zero-order valence-corrected chi connectivity index (χ0v) is 15.4. The molecule has 0 radical (unpaired) electrons. The van der Waals surface area contributed by atoms with Crippen LogP contribution in [0.5, 0.6) is 0 Å². The second-order valence-electron chi connectivity index (χ2n) is 6.81. The van der Waals surface area contributed by atoms with E-state index in [4.69, 9.17) is 0 Å². The fourth-order valence-electron chi connectivity index (χ4n) is 3.13. The molecule has 0 bridgehead atoms. The number of hydrogen-bond acceptors (Lipinski definition) is 4. The number of pyridine rings is 1. The lowest BCUT2D eigenvalue weighted by atomic mass is 10.2. The van der Waals surface area contributed by atoms with Crippen molar-refractivity contribution in [2.24, 2.45) is 0 Å². The molecule has 0 spiro atoms. The number of anilines is 2. The van der Waals surface area contributed by atoms with Crippen molar-refractivity contribution in [1.82, 2.24) is 9.88 Å². The molecule has 3 rings (SSSR count). The van der Waals surface area contributed by atoms with Gasteiger partial charge in [0, 0.05) is 32.5 Å². The maximum Gasteiger partial charge on any atom is 0.257 e. The summed E-state index contributed by atoms with van der Waals surface area (Å²) in [6.07, 6.45) is 3.35. The number of carbonyl (C=O) groups is 2. The molecule has 1 atom stereocenters. The summed E-state index contributed by atoms with van der Waals surface area (Å²) in [5.74, 6) is 0.621. The van der Waals surface area contributed by atoms with E-state index in [-0.39, 0.29) is 17.9 Å². The lowest BCUT2D eigenvalue weighted by molar-refractivity contribution is -0.129. The van der Waals surface area contributed by atoms with Crippen LogP contribution in [-0.4, -0.2) is 48.4 Å². The van der Waals surface area contributed by atoms with Crippen LogP contribution in [0, 0.1) is 6.92 Å². The van der Waals surface area contributed by atoms with E-state index < -0.39 is 0 Å². The first-order chi connectivity index (χ1) is 12.5. The first-order valence-electron chi connectivity index (χ1n) is 8.77. The second-order valence-corrected chi connectivity index (χ2v) is 6.81. The van der Waals surface area contributed by atoms with Crippen molar-refractivity contribution in [3.63, 3.8) is 0 Å². The van der Waals surface area contributed by atoms with Gasteiger partial charge < -0.3 is 15.1 Å². The molecule has 1 aliphatic heterocycles.